The molecule has 0 bridgehead atoms. The zero-order valence-electron chi connectivity index (χ0n) is 12.7. The van der Waals surface area contributed by atoms with Crippen molar-refractivity contribution < 1.29 is 14.7 Å². The Balaban J connectivity index is 1.78. The Morgan fingerprint density at radius 2 is 2.00 bits per heavy atom. The van der Waals surface area contributed by atoms with Crippen LogP contribution in [0.2, 0.25) is 0 Å². The number of anilines is 1. The zero-order chi connectivity index (χ0) is 15.7. The Morgan fingerprint density at radius 3 is 2.73 bits per heavy atom. The van der Waals surface area contributed by atoms with E-state index in [2.05, 4.69) is 29.4 Å². The average Bonchev–Trinajstić information content (AvgIpc) is 2.71. The van der Waals surface area contributed by atoms with Gasteiger partial charge in [-0.15, -0.1) is 0 Å². The topological polar surface area (TPSA) is 72.9 Å². The summed E-state index contributed by atoms with van der Waals surface area (Å²) < 4.78 is 0. The minimum absolute atomic E-state index is 0.0237. The van der Waals surface area contributed by atoms with Crippen molar-refractivity contribution in [2.45, 2.75) is 25.3 Å². The minimum Gasteiger partial charge on any atom is -0.465 e. The molecule has 1 fully saturated rings. The van der Waals surface area contributed by atoms with Crippen molar-refractivity contribution in [2.75, 3.05) is 31.6 Å². The van der Waals surface area contributed by atoms with Gasteiger partial charge in [0, 0.05) is 31.7 Å². The summed E-state index contributed by atoms with van der Waals surface area (Å²) in [7, 11) is 2.12. The van der Waals surface area contributed by atoms with Crippen LogP contribution in [-0.4, -0.2) is 54.7 Å². The van der Waals surface area contributed by atoms with E-state index < -0.39 is 6.09 Å². The second kappa shape index (κ2) is 5.96. The van der Waals surface area contributed by atoms with E-state index in [1.54, 1.807) is 4.90 Å². The van der Waals surface area contributed by atoms with E-state index in [1.165, 1.54) is 11.1 Å². The Bertz CT molecular complexity index is 602. The van der Waals surface area contributed by atoms with Crippen molar-refractivity contribution in [3.8, 4) is 0 Å². The number of carbonyl (C=O) groups is 2. The maximum atomic E-state index is 12.1. The first kappa shape index (κ1) is 14.8. The van der Waals surface area contributed by atoms with E-state index in [1.807, 2.05) is 6.07 Å². The van der Waals surface area contributed by atoms with Crippen molar-refractivity contribution in [2.24, 2.45) is 0 Å². The summed E-state index contributed by atoms with van der Waals surface area (Å²) in [5, 5.41) is 11.2. The van der Waals surface area contributed by atoms with Gasteiger partial charge in [0.05, 0.1) is 6.04 Å². The molecule has 1 aromatic carbocycles. The van der Waals surface area contributed by atoms with E-state index in [-0.39, 0.29) is 18.4 Å². The summed E-state index contributed by atoms with van der Waals surface area (Å²) in [6, 6.07) is 5.85. The first-order valence-electron chi connectivity index (χ1n) is 7.63. The van der Waals surface area contributed by atoms with E-state index in [0.717, 1.165) is 31.6 Å². The third-order valence-corrected chi connectivity index (χ3v) is 4.48. The molecular weight excluding hydrogens is 282 g/mol. The molecule has 6 nitrogen and oxygen atoms in total. The van der Waals surface area contributed by atoms with Gasteiger partial charge in [-0.3, -0.25) is 4.79 Å². The van der Waals surface area contributed by atoms with Gasteiger partial charge in [0.1, 0.15) is 0 Å². The maximum absolute atomic E-state index is 12.1. The quantitative estimate of drug-likeness (QED) is 0.858. The van der Waals surface area contributed by atoms with Crippen LogP contribution in [0.5, 0.6) is 0 Å². The molecule has 0 radical (unpaired) electrons. The van der Waals surface area contributed by atoms with Crippen LogP contribution in [0.15, 0.2) is 18.2 Å². The molecule has 1 saturated heterocycles. The van der Waals surface area contributed by atoms with Crippen LogP contribution in [0.4, 0.5) is 10.5 Å². The van der Waals surface area contributed by atoms with Crippen LogP contribution in [0.25, 0.3) is 0 Å². The fourth-order valence-corrected chi connectivity index (χ4v) is 3.22. The summed E-state index contributed by atoms with van der Waals surface area (Å²) in [6.07, 6.45) is 1.16. The van der Waals surface area contributed by atoms with Crippen LogP contribution in [-0.2, 0) is 17.6 Å². The zero-order valence-corrected chi connectivity index (χ0v) is 12.7. The Kier molecular flexibility index (Phi) is 4.02. The van der Waals surface area contributed by atoms with Gasteiger partial charge in [0.15, 0.2) is 0 Å². The molecule has 2 heterocycles. The Morgan fingerprint density at radius 1 is 1.27 bits per heavy atom. The standard InChI is InChI=1S/C16H21N3O3/c1-18-6-4-11-2-3-14(8-12(11)5-7-18)19-10-13(9-15(19)20)17-16(21)22/h2-3,8,13,17H,4-7,9-10H2,1H3,(H,21,22)/t13-/m1/s1. The normalized spacial score (nSPS) is 22.3. The summed E-state index contributed by atoms with van der Waals surface area (Å²) in [5.41, 5.74) is 3.52. The SMILES string of the molecule is CN1CCc2ccc(N3C[C@H](NC(=O)O)CC3=O)cc2CC1. The monoisotopic (exact) mass is 303 g/mol. The van der Waals surface area contributed by atoms with Gasteiger partial charge in [-0.1, -0.05) is 6.07 Å². The van der Waals surface area contributed by atoms with Crippen molar-refractivity contribution in [3.05, 3.63) is 29.3 Å². The lowest BCUT2D eigenvalue weighted by molar-refractivity contribution is -0.117. The van der Waals surface area contributed by atoms with Gasteiger partial charge in [-0.2, -0.15) is 0 Å². The molecule has 2 aliphatic rings. The summed E-state index contributed by atoms with van der Waals surface area (Å²) in [4.78, 5) is 26.9. The molecule has 2 aliphatic heterocycles. The average molecular weight is 303 g/mol. The molecule has 0 spiro atoms. The largest absolute Gasteiger partial charge is 0.465 e. The molecule has 0 unspecified atom stereocenters. The van der Waals surface area contributed by atoms with E-state index in [9.17, 15) is 9.59 Å². The third kappa shape index (κ3) is 3.06. The second-order valence-corrected chi connectivity index (χ2v) is 6.11. The molecule has 1 aromatic rings. The molecule has 118 valence electrons. The molecule has 2 N–H and O–H groups in total. The van der Waals surface area contributed by atoms with Crippen molar-refractivity contribution in [3.63, 3.8) is 0 Å². The number of likely N-dealkylation sites (N-methyl/N-ethyl adjacent to an activating group) is 1. The highest BCUT2D eigenvalue weighted by molar-refractivity contribution is 5.96. The van der Waals surface area contributed by atoms with Gasteiger partial charge in [0.25, 0.3) is 0 Å². The van der Waals surface area contributed by atoms with Gasteiger partial charge in [-0.25, -0.2) is 4.79 Å². The molecule has 0 aliphatic carbocycles. The van der Waals surface area contributed by atoms with E-state index in [4.69, 9.17) is 5.11 Å². The highest BCUT2D eigenvalue weighted by atomic mass is 16.4. The number of hydrogen-bond donors (Lipinski definition) is 2. The van der Waals surface area contributed by atoms with Crippen LogP contribution in [0.3, 0.4) is 0 Å². The smallest absolute Gasteiger partial charge is 0.404 e. The van der Waals surface area contributed by atoms with Gasteiger partial charge >= 0.3 is 6.09 Å². The van der Waals surface area contributed by atoms with Gasteiger partial charge in [-0.05, 0) is 43.1 Å². The van der Waals surface area contributed by atoms with Crippen molar-refractivity contribution in [1.82, 2.24) is 10.2 Å². The third-order valence-electron chi connectivity index (χ3n) is 4.48. The van der Waals surface area contributed by atoms with E-state index in [0.29, 0.717) is 6.54 Å². The predicted octanol–water partition coefficient (Wildman–Crippen LogP) is 1.09. The molecule has 22 heavy (non-hydrogen) atoms. The maximum Gasteiger partial charge on any atom is 0.404 e. The van der Waals surface area contributed by atoms with Gasteiger partial charge < -0.3 is 20.2 Å². The van der Waals surface area contributed by atoms with Crippen molar-refractivity contribution >= 4 is 17.7 Å². The number of nitrogens with zero attached hydrogens (tertiary/aromatic N) is 2. The summed E-state index contributed by atoms with van der Waals surface area (Å²) in [5.74, 6) is -0.0237. The number of amides is 2. The molecular formula is C16H21N3O3. The Labute approximate surface area is 129 Å². The molecule has 6 heteroatoms. The fourth-order valence-electron chi connectivity index (χ4n) is 3.22. The molecule has 2 amide bonds. The number of carbonyl (C=O) groups excluding carboxylic acids is 1. The first-order valence-corrected chi connectivity index (χ1v) is 7.63. The lowest BCUT2D eigenvalue weighted by Gasteiger charge is -2.19. The Hall–Kier alpha value is -2.08. The number of rotatable bonds is 2. The van der Waals surface area contributed by atoms with Crippen molar-refractivity contribution in [1.29, 1.82) is 0 Å². The molecule has 0 saturated carbocycles. The van der Waals surface area contributed by atoms with E-state index >= 15 is 0 Å². The number of carboxylic acid groups (broad SMARTS) is 1. The number of fused-ring (bicyclic) bond motifs is 1. The highest BCUT2D eigenvalue weighted by Crippen LogP contribution is 2.26. The van der Waals surface area contributed by atoms with Crippen LogP contribution >= 0.6 is 0 Å². The number of nitrogens with one attached hydrogen (secondary N) is 1. The molecule has 0 aromatic heterocycles. The number of hydrogen-bond acceptors (Lipinski definition) is 3. The molecule has 3 rings (SSSR count). The first-order chi connectivity index (χ1) is 10.5. The predicted molar refractivity (Wildman–Crippen MR) is 83.3 cm³/mol. The van der Waals surface area contributed by atoms with Gasteiger partial charge in [0.2, 0.25) is 5.91 Å². The second-order valence-electron chi connectivity index (χ2n) is 6.11. The number of benzene rings is 1. The van der Waals surface area contributed by atoms with Crippen LogP contribution in [0, 0.1) is 0 Å². The summed E-state index contributed by atoms with van der Waals surface area (Å²) in [6.45, 7) is 2.48. The summed E-state index contributed by atoms with van der Waals surface area (Å²) >= 11 is 0. The lowest BCUT2D eigenvalue weighted by atomic mass is 10.0. The van der Waals surface area contributed by atoms with Crippen LogP contribution in [0.1, 0.15) is 17.5 Å². The van der Waals surface area contributed by atoms with Crippen LogP contribution < -0.4 is 10.2 Å². The highest BCUT2D eigenvalue weighted by Gasteiger charge is 2.31. The molecule has 1 atom stereocenters. The lowest BCUT2D eigenvalue weighted by Crippen LogP contribution is -2.36. The fraction of sp³-hybridized carbons (Fsp3) is 0.500. The minimum atomic E-state index is -1.08.